The monoisotopic (exact) mass is 328 g/mol. The van der Waals surface area contributed by atoms with Crippen LogP contribution in [-0.4, -0.2) is 21.6 Å². The summed E-state index contributed by atoms with van der Waals surface area (Å²) in [6, 6.07) is 21.6. The Morgan fingerprint density at radius 1 is 0.700 bits per heavy atom. The van der Waals surface area contributed by atoms with E-state index in [1.807, 2.05) is 12.1 Å². The standard InChI is InChI=1S/C18H16OSe/c1-13-3-5-14(6-4-13)17-11-12-18(20-17)15-7-9-16(19-2)10-8-15/h3-12H,1-2H3. The zero-order valence-corrected chi connectivity index (χ0v) is 13.3. The summed E-state index contributed by atoms with van der Waals surface area (Å²) in [5, 5.41) is 0. The minimum absolute atomic E-state index is 0.379. The van der Waals surface area contributed by atoms with Gasteiger partial charge in [-0.2, -0.15) is 0 Å². The van der Waals surface area contributed by atoms with Crippen molar-refractivity contribution < 1.29 is 4.74 Å². The molecular formula is C18H16OSe. The molecule has 0 spiro atoms. The van der Waals surface area contributed by atoms with Crippen molar-refractivity contribution in [3.05, 3.63) is 66.2 Å². The van der Waals surface area contributed by atoms with Gasteiger partial charge in [0.2, 0.25) is 0 Å². The predicted molar refractivity (Wildman–Crippen MR) is 85.5 cm³/mol. The molecule has 0 N–H and O–H groups in total. The Kier molecular flexibility index (Phi) is 3.77. The molecule has 1 heterocycles. The van der Waals surface area contributed by atoms with Crippen LogP contribution in [0.2, 0.25) is 0 Å². The molecule has 0 atom stereocenters. The molecule has 0 amide bonds. The maximum absolute atomic E-state index is 5.21. The van der Waals surface area contributed by atoms with Crippen LogP contribution < -0.4 is 4.74 Å². The van der Waals surface area contributed by atoms with Crippen molar-refractivity contribution in [2.24, 2.45) is 0 Å². The first-order chi connectivity index (χ1) is 9.76. The molecule has 3 aromatic rings. The molecule has 20 heavy (non-hydrogen) atoms. The molecule has 0 saturated carbocycles. The fourth-order valence-corrected chi connectivity index (χ4v) is 4.25. The van der Waals surface area contributed by atoms with Gasteiger partial charge in [-0.05, 0) is 0 Å². The Hall–Kier alpha value is -1.76. The van der Waals surface area contributed by atoms with Gasteiger partial charge in [-0.1, -0.05) is 0 Å². The van der Waals surface area contributed by atoms with Crippen molar-refractivity contribution in [3.63, 3.8) is 0 Å². The fraction of sp³-hybridized carbons (Fsp3) is 0.111. The van der Waals surface area contributed by atoms with E-state index in [0.29, 0.717) is 14.5 Å². The normalized spacial score (nSPS) is 10.5. The summed E-state index contributed by atoms with van der Waals surface area (Å²) in [5.41, 5.74) is 3.95. The predicted octanol–water partition coefficient (Wildman–Crippen LogP) is 4.39. The first-order valence-electron chi connectivity index (χ1n) is 6.57. The number of hydrogen-bond donors (Lipinski definition) is 0. The molecule has 0 radical (unpaired) electrons. The van der Waals surface area contributed by atoms with E-state index in [2.05, 4.69) is 55.5 Å². The van der Waals surface area contributed by atoms with Crippen LogP contribution in [0, 0.1) is 6.92 Å². The molecule has 0 unspecified atom stereocenters. The number of methoxy groups -OCH3 is 1. The summed E-state index contributed by atoms with van der Waals surface area (Å²) in [6.07, 6.45) is 0. The first kappa shape index (κ1) is 13.2. The van der Waals surface area contributed by atoms with Gasteiger partial charge in [0.15, 0.2) is 0 Å². The van der Waals surface area contributed by atoms with Crippen molar-refractivity contribution in [1.82, 2.24) is 0 Å². The van der Waals surface area contributed by atoms with Crippen LogP contribution in [0.1, 0.15) is 5.56 Å². The molecule has 100 valence electrons. The number of hydrogen-bond acceptors (Lipinski definition) is 1. The topological polar surface area (TPSA) is 9.23 Å². The van der Waals surface area contributed by atoms with Crippen LogP contribution in [0.3, 0.4) is 0 Å². The molecule has 3 rings (SSSR count). The van der Waals surface area contributed by atoms with Crippen LogP contribution in [-0.2, 0) is 0 Å². The molecule has 0 aliphatic rings. The molecule has 2 aromatic carbocycles. The van der Waals surface area contributed by atoms with E-state index in [4.69, 9.17) is 4.74 Å². The van der Waals surface area contributed by atoms with Crippen LogP contribution in [0.15, 0.2) is 60.7 Å². The van der Waals surface area contributed by atoms with Gasteiger partial charge >= 0.3 is 125 Å². The third-order valence-electron chi connectivity index (χ3n) is 3.32. The molecule has 0 aliphatic carbocycles. The number of aryl methyl sites for hydroxylation is 1. The fourth-order valence-electron chi connectivity index (χ4n) is 2.12. The summed E-state index contributed by atoms with van der Waals surface area (Å²) in [4.78, 5) is 0. The molecular weight excluding hydrogens is 311 g/mol. The van der Waals surface area contributed by atoms with Gasteiger partial charge in [0.1, 0.15) is 0 Å². The van der Waals surface area contributed by atoms with Crippen molar-refractivity contribution in [1.29, 1.82) is 0 Å². The van der Waals surface area contributed by atoms with Crippen LogP contribution in [0.4, 0.5) is 0 Å². The Morgan fingerprint density at radius 3 is 1.70 bits per heavy atom. The molecule has 2 heteroatoms. The third-order valence-corrected chi connectivity index (χ3v) is 5.80. The number of ether oxygens (including phenoxy) is 1. The summed E-state index contributed by atoms with van der Waals surface area (Å²) in [7, 11) is 1.70. The van der Waals surface area contributed by atoms with Crippen molar-refractivity contribution in [3.8, 4) is 25.8 Å². The second-order valence-corrected chi connectivity index (χ2v) is 7.03. The average molecular weight is 327 g/mol. The van der Waals surface area contributed by atoms with Gasteiger partial charge in [0.05, 0.1) is 0 Å². The second-order valence-electron chi connectivity index (χ2n) is 4.76. The van der Waals surface area contributed by atoms with E-state index in [9.17, 15) is 0 Å². The Morgan fingerprint density at radius 2 is 1.20 bits per heavy atom. The Labute approximate surface area is 125 Å². The van der Waals surface area contributed by atoms with E-state index in [0.717, 1.165) is 5.75 Å². The molecule has 0 aliphatic heterocycles. The quantitative estimate of drug-likeness (QED) is 0.648. The van der Waals surface area contributed by atoms with Crippen LogP contribution >= 0.6 is 0 Å². The Balaban J connectivity index is 1.91. The number of benzene rings is 2. The second kappa shape index (κ2) is 5.70. The minimum atomic E-state index is 0.379. The summed E-state index contributed by atoms with van der Waals surface area (Å²) < 4.78 is 8.08. The SMILES string of the molecule is COc1ccc(-c2ccc(-c3ccc(C)cc3)[se]2)cc1. The van der Waals surface area contributed by atoms with Crippen molar-refractivity contribution in [2.75, 3.05) is 7.11 Å². The summed E-state index contributed by atoms with van der Waals surface area (Å²) in [6.45, 7) is 2.12. The van der Waals surface area contributed by atoms with Crippen LogP contribution in [0.25, 0.3) is 20.0 Å². The van der Waals surface area contributed by atoms with Gasteiger partial charge in [0.25, 0.3) is 0 Å². The maximum atomic E-state index is 5.21. The van der Waals surface area contributed by atoms with E-state index in [1.165, 1.54) is 25.6 Å². The van der Waals surface area contributed by atoms with E-state index < -0.39 is 0 Å². The van der Waals surface area contributed by atoms with Gasteiger partial charge in [-0.3, -0.25) is 0 Å². The third kappa shape index (κ3) is 2.72. The van der Waals surface area contributed by atoms with Gasteiger partial charge in [-0.25, -0.2) is 0 Å². The summed E-state index contributed by atoms with van der Waals surface area (Å²) in [5.74, 6) is 0.909. The average Bonchev–Trinajstić information content (AvgIpc) is 2.98. The Bertz CT molecular complexity index is 693. The van der Waals surface area contributed by atoms with E-state index in [1.54, 1.807) is 7.11 Å². The van der Waals surface area contributed by atoms with Gasteiger partial charge in [0, 0.05) is 0 Å². The van der Waals surface area contributed by atoms with Crippen molar-refractivity contribution in [2.45, 2.75) is 6.92 Å². The van der Waals surface area contributed by atoms with E-state index >= 15 is 0 Å². The molecule has 1 nitrogen and oxygen atoms in total. The molecule has 0 saturated heterocycles. The van der Waals surface area contributed by atoms with Gasteiger partial charge < -0.3 is 0 Å². The van der Waals surface area contributed by atoms with Gasteiger partial charge in [-0.15, -0.1) is 0 Å². The van der Waals surface area contributed by atoms with E-state index in [-0.39, 0.29) is 0 Å². The number of rotatable bonds is 3. The zero-order chi connectivity index (χ0) is 13.9. The van der Waals surface area contributed by atoms with Crippen molar-refractivity contribution >= 4 is 14.5 Å². The zero-order valence-electron chi connectivity index (χ0n) is 11.6. The molecule has 0 bridgehead atoms. The first-order valence-corrected chi connectivity index (χ1v) is 8.29. The van der Waals surface area contributed by atoms with Crippen LogP contribution in [0.5, 0.6) is 5.75 Å². The molecule has 0 fully saturated rings. The molecule has 1 aromatic heterocycles. The summed E-state index contributed by atoms with van der Waals surface area (Å²) >= 11 is 0.379.